The van der Waals surface area contributed by atoms with E-state index >= 15 is 0 Å². The average molecular weight is 252 g/mol. The highest BCUT2D eigenvalue weighted by Crippen LogP contribution is 2.35. The summed E-state index contributed by atoms with van der Waals surface area (Å²) in [7, 11) is 0. The van der Waals surface area contributed by atoms with Crippen LogP contribution in [0, 0.1) is 17.7 Å². The van der Waals surface area contributed by atoms with Gasteiger partial charge in [0, 0.05) is 12.3 Å². The van der Waals surface area contributed by atoms with Gasteiger partial charge in [0.1, 0.15) is 5.82 Å². The Balaban J connectivity index is 2.08. The lowest BCUT2D eigenvalue weighted by Crippen LogP contribution is -2.32. The monoisotopic (exact) mass is 252 g/mol. The van der Waals surface area contributed by atoms with Crippen molar-refractivity contribution in [1.82, 2.24) is 0 Å². The van der Waals surface area contributed by atoms with Crippen molar-refractivity contribution in [2.45, 2.75) is 45.5 Å². The minimum Gasteiger partial charge on any atom is -0.392 e. The first-order valence-corrected chi connectivity index (χ1v) is 6.57. The molecule has 2 rings (SSSR count). The zero-order valence-corrected chi connectivity index (χ0v) is 11.1. The van der Waals surface area contributed by atoms with Crippen LogP contribution in [0.15, 0.2) is 24.3 Å². The number of rotatable bonds is 3. The zero-order chi connectivity index (χ0) is 13.3. The van der Waals surface area contributed by atoms with Crippen molar-refractivity contribution in [3.63, 3.8) is 0 Å². The van der Waals surface area contributed by atoms with Crippen molar-refractivity contribution in [2.75, 3.05) is 0 Å². The van der Waals surface area contributed by atoms with Crippen LogP contribution in [0.5, 0.6) is 0 Å². The summed E-state index contributed by atoms with van der Waals surface area (Å²) in [5.74, 6) is 0.116. The van der Waals surface area contributed by atoms with Gasteiger partial charge >= 0.3 is 0 Å². The fourth-order valence-corrected chi connectivity index (χ4v) is 2.98. The highest BCUT2D eigenvalue weighted by Gasteiger charge is 2.41. The lowest BCUT2D eigenvalue weighted by atomic mass is 9.82. The molecule has 1 aliphatic rings. The van der Waals surface area contributed by atoms with Crippen molar-refractivity contribution in [3.05, 3.63) is 35.6 Å². The summed E-state index contributed by atoms with van der Waals surface area (Å²) in [6, 6.07) is 6.62. The molecule has 0 saturated carbocycles. The van der Waals surface area contributed by atoms with Crippen LogP contribution in [0.2, 0.25) is 0 Å². The SMILES string of the molecule is CC1OC(C)C(C(O)Cc2ccccc2F)C1C. The molecule has 0 aliphatic carbocycles. The lowest BCUT2D eigenvalue weighted by molar-refractivity contribution is 0.0237. The first kappa shape index (κ1) is 13.5. The first-order valence-electron chi connectivity index (χ1n) is 6.57. The van der Waals surface area contributed by atoms with Gasteiger partial charge < -0.3 is 9.84 Å². The Labute approximate surface area is 108 Å². The van der Waals surface area contributed by atoms with E-state index in [0.717, 1.165) is 0 Å². The smallest absolute Gasteiger partial charge is 0.126 e. The molecule has 1 N–H and O–H groups in total. The molecule has 1 heterocycles. The summed E-state index contributed by atoms with van der Waals surface area (Å²) >= 11 is 0. The molecule has 1 fully saturated rings. The molecule has 1 aliphatic heterocycles. The van der Waals surface area contributed by atoms with Crippen LogP contribution in [0.25, 0.3) is 0 Å². The van der Waals surface area contributed by atoms with Crippen molar-refractivity contribution in [2.24, 2.45) is 11.8 Å². The quantitative estimate of drug-likeness (QED) is 0.896. The van der Waals surface area contributed by atoms with E-state index in [0.29, 0.717) is 17.9 Å². The van der Waals surface area contributed by atoms with Crippen LogP contribution in [-0.4, -0.2) is 23.4 Å². The average Bonchev–Trinajstić information content (AvgIpc) is 2.56. The summed E-state index contributed by atoms with van der Waals surface area (Å²) in [6.07, 6.45) is -0.0313. The molecular formula is C15H21FO2. The highest BCUT2D eigenvalue weighted by molar-refractivity contribution is 5.18. The van der Waals surface area contributed by atoms with Crippen LogP contribution in [0.4, 0.5) is 4.39 Å². The minimum atomic E-state index is -0.558. The minimum absolute atomic E-state index is 0.0248. The maximum absolute atomic E-state index is 13.6. The van der Waals surface area contributed by atoms with Crippen molar-refractivity contribution in [3.8, 4) is 0 Å². The van der Waals surface area contributed by atoms with Crippen LogP contribution >= 0.6 is 0 Å². The topological polar surface area (TPSA) is 29.5 Å². The zero-order valence-electron chi connectivity index (χ0n) is 11.1. The number of aliphatic hydroxyl groups is 1. The van der Waals surface area contributed by atoms with E-state index in [2.05, 4.69) is 6.92 Å². The summed E-state index contributed by atoms with van der Waals surface area (Å²) in [4.78, 5) is 0. The fraction of sp³-hybridized carbons (Fsp3) is 0.600. The van der Waals surface area contributed by atoms with Crippen LogP contribution < -0.4 is 0 Å². The second-order valence-electron chi connectivity index (χ2n) is 5.35. The van der Waals surface area contributed by atoms with E-state index in [1.54, 1.807) is 18.2 Å². The van der Waals surface area contributed by atoms with Gasteiger partial charge in [0.2, 0.25) is 0 Å². The van der Waals surface area contributed by atoms with E-state index in [4.69, 9.17) is 4.74 Å². The van der Waals surface area contributed by atoms with Gasteiger partial charge in [-0.05, 0) is 31.4 Å². The molecule has 1 saturated heterocycles. The molecule has 0 bridgehead atoms. The van der Waals surface area contributed by atoms with E-state index < -0.39 is 6.10 Å². The summed E-state index contributed by atoms with van der Waals surface area (Å²) in [5.41, 5.74) is 0.573. The van der Waals surface area contributed by atoms with Gasteiger partial charge in [-0.25, -0.2) is 4.39 Å². The number of benzene rings is 1. The van der Waals surface area contributed by atoms with E-state index in [1.165, 1.54) is 6.07 Å². The van der Waals surface area contributed by atoms with Crippen molar-refractivity contribution >= 4 is 0 Å². The van der Waals surface area contributed by atoms with Gasteiger partial charge in [0.05, 0.1) is 18.3 Å². The maximum atomic E-state index is 13.6. The van der Waals surface area contributed by atoms with Crippen LogP contribution in [0.3, 0.4) is 0 Å². The van der Waals surface area contributed by atoms with Crippen LogP contribution in [-0.2, 0) is 11.2 Å². The number of ether oxygens (including phenoxy) is 1. The predicted molar refractivity (Wildman–Crippen MR) is 68.8 cm³/mol. The third kappa shape index (κ3) is 2.57. The lowest BCUT2D eigenvalue weighted by Gasteiger charge is -2.24. The second-order valence-corrected chi connectivity index (χ2v) is 5.35. The Kier molecular flexibility index (Phi) is 4.03. The Morgan fingerprint density at radius 3 is 2.44 bits per heavy atom. The van der Waals surface area contributed by atoms with Crippen molar-refractivity contribution in [1.29, 1.82) is 0 Å². The number of aliphatic hydroxyl groups excluding tert-OH is 1. The normalized spacial score (nSPS) is 33.6. The molecule has 0 spiro atoms. The molecule has 0 radical (unpaired) electrons. The summed E-state index contributed by atoms with van der Waals surface area (Å²) in [6.45, 7) is 6.09. The molecule has 100 valence electrons. The van der Waals surface area contributed by atoms with E-state index in [9.17, 15) is 9.50 Å². The number of halogens is 1. The summed E-state index contributed by atoms with van der Waals surface area (Å²) < 4.78 is 19.3. The molecule has 18 heavy (non-hydrogen) atoms. The van der Waals surface area contributed by atoms with Crippen molar-refractivity contribution < 1.29 is 14.2 Å². The Bertz CT molecular complexity index is 407. The number of hydrogen-bond donors (Lipinski definition) is 1. The van der Waals surface area contributed by atoms with Crippen LogP contribution in [0.1, 0.15) is 26.3 Å². The molecule has 1 aromatic rings. The Morgan fingerprint density at radius 2 is 1.89 bits per heavy atom. The van der Waals surface area contributed by atoms with E-state index in [-0.39, 0.29) is 23.9 Å². The van der Waals surface area contributed by atoms with Gasteiger partial charge in [-0.2, -0.15) is 0 Å². The maximum Gasteiger partial charge on any atom is 0.126 e. The van der Waals surface area contributed by atoms with Gasteiger partial charge in [-0.15, -0.1) is 0 Å². The second kappa shape index (κ2) is 5.37. The van der Waals surface area contributed by atoms with Gasteiger partial charge in [0.25, 0.3) is 0 Å². The molecule has 3 heteroatoms. The largest absolute Gasteiger partial charge is 0.392 e. The molecule has 1 aromatic carbocycles. The highest BCUT2D eigenvalue weighted by atomic mass is 19.1. The summed E-state index contributed by atoms with van der Waals surface area (Å²) in [5, 5.41) is 10.3. The molecule has 5 unspecified atom stereocenters. The van der Waals surface area contributed by atoms with E-state index in [1.807, 2.05) is 13.8 Å². The molecule has 2 nitrogen and oxygen atoms in total. The Hall–Kier alpha value is -0.930. The molecule has 5 atom stereocenters. The van der Waals surface area contributed by atoms with Gasteiger partial charge in [-0.3, -0.25) is 0 Å². The molecule has 0 amide bonds. The molecule has 0 aromatic heterocycles. The fourth-order valence-electron chi connectivity index (χ4n) is 2.98. The molecular weight excluding hydrogens is 231 g/mol. The Morgan fingerprint density at radius 1 is 1.22 bits per heavy atom. The first-order chi connectivity index (χ1) is 8.50. The van der Waals surface area contributed by atoms with Gasteiger partial charge in [-0.1, -0.05) is 25.1 Å². The van der Waals surface area contributed by atoms with Gasteiger partial charge in [0.15, 0.2) is 0 Å². The third-order valence-electron chi connectivity index (χ3n) is 4.15. The third-order valence-corrected chi connectivity index (χ3v) is 4.15. The predicted octanol–water partition coefficient (Wildman–Crippen LogP) is 2.79. The standard InChI is InChI=1S/C15H21FO2/c1-9-10(2)18-11(3)15(9)14(17)8-12-6-4-5-7-13(12)16/h4-7,9-11,14-15,17H,8H2,1-3H3. The number of hydrogen-bond acceptors (Lipinski definition) is 2.